The Morgan fingerprint density at radius 3 is 3.00 bits per heavy atom. The van der Waals surface area contributed by atoms with Gasteiger partial charge in [-0.1, -0.05) is 24.6 Å². The summed E-state index contributed by atoms with van der Waals surface area (Å²) in [7, 11) is 0. The minimum absolute atomic E-state index is 0.648. The third kappa shape index (κ3) is 2.34. The maximum Gasteiger partial charge on any atom is 0.0789 e. The third-order valence-electron chi connectivity index (χ3n) is 2.58. The summed E-state index contributed by atoms with van der Waals surface area (Å²) < 4.78 is 0. The summed E-state index contributed by atoms with van der Waals surface area (Å²) in [5.41, 5.74) is 7.75. The molecule has 0 radical (unpaired) electrons. The summed E-state index contributed by atoms with van der Waals surface area (Å²) in [5.74, 6) is 1.14. The number of rotatable bonds is 1. The van der Waals surface area contributed by atoms with Crippen molar-refractivity contribution in [3.63, 3.8) is 0 Å². The summed E-state index contributed by atoms with van der Waals surface area (Å²) in [4.78, 5) is 2.29. The fourth-order valence-corrected chi connectivity index (χ4v) is 3.20. The van der Waals surface area contributed by atoms with Crippen LogP contribution in [-0.4, -0.2) is 24.1 Å². The highest BCUT2D eigenvalue weighted by molar-refractivity contribution is 8.00. The summed E-state index contributed by atoms with van der Waals surface area (Å²) in [5, 5.41) is 1.41. The molecule has 0 saturated carbocycles. The van der Waals surface area contributed by atoms with Crippen molar-refractivity contribution in [2.75, 3.05) is 29.5 Å². The van der Waals surface area contributed by atoms with Crippen molar-refractivity contribution in [2.45, 2.75) is 12.2 Å². The van der Waals surface area contributed by atoms with E-state index in [0.29, 0.717) is 5.25 Å². The van der Waals surface area contributed by atoms with Gasteiger partial charge in [0, 0.05) is 24.1 Å². The molecule has 1 saturated heterocycles. The first kappa shape index (κ1) is 11.0. The average molecular weight is 243 g/mol. The molecule has 0 bridgehead atoms. The first-order valence-electron chi connectivity index (χ1n) is 5.09. The molecule has 0 spiro atoms. The molecule has 1 aromatic carbocycles. The normalized spacial score (nSPS) is 21.7. The number of halogens is 1. The Bertz CT molecular complexity index is 336. The summed E-state index contributed by atoms with van der Waals surface area (Å²) in [6, 6.07) is 5.70. The van der Waals surface area contributed by atoms with E-state index in [4.69, 9.17) is 17.3 Å². The fourth-order valence-electron chi connectivity index (χ4n) is 1.89. The number of anilines is 2. The molecule has 2 nitrogen and oxygen atoms in total. The topological polar surface area (TPSA) is 29.3 Å². The number of hydrogen-bond donors (Lipinski definition) is 1. The van der Waals surface area contributed by atoms with Gasteiger partial charge in [-0.25, -0.2) is 0 Å². The number of para-hydroxylation sites is 1. The molecule has 1 heterocycles. The zero-order valence-electron chi connectivity index (χ0n) is 8.74. The van der Waals surface area contributed by atoms with Gasteiger partial charge in [0.25, 0.3) is 0 Å². The van der Waals surface area contributed by atoms with Gasteiger partial charge in [-0.3, -0.25) is 0 Å². The van der Waals surface area contributed by atoms with E-state index < -0.39 is 0 Å². The molecule has 1 aromatic rings. The van der Waals surface area contributed by atoms with Gasteiger partial charge in [-0.15, -0.1) is 0 Å². The second-order valence-electron chi connectivity index (χ2n) is 3.81. The van der Waals surface area contributed by atoms with Crippen LogP contribution in [0.1, 0.15) is 6.92 Å². The fraction of sp³-hybridized carbons (Fsp3) is 0.455. The molecule has 4 heteroatoms. The van der Waals surface area contributed by atoms with Crippen molar-refractivity contribution in [1.82, 2.24) is 0 Å². The maximum atomic E-state index is 6.18. The highest BCUT2D eigenvalue weighted by atomic mass is 35.5. The van der Waals surface area contributed by atoms with E-state index in [1.165, 1.54) is 0 Å². The van der Waals surface area contributed by atoms with E-state index in [-0.39, 0.29) is 0 Å². The van der Waals surface area contributed by atoms with Crippen molar-refractivity contribution in [2.24, 2.45) is 0 Å². The summed E-state index contributed by atoms with van der Waals surface area (Å²) in [6.45, 7) is 4.30. The van der Waals surface area contributed by atoms with Gasteiger partial charge in [-0.2, -0.15) is 11.8 Å². The molecule has 1 atom stereocenters. The quantitative estimate of drug-likeness (QED) is 0.768. The van der Waals surface area contributed by atoms with Crippen LogP contribution in [0, 0.1) is 0 Å². The molecule has 2 N–H and O–H groups in total. The number of nitrogen functional groups attached to an aromatic ring is 1. The Balaban J connectivity index is 2.28. The lowest BCUT2D eigenvalue weighted by Crippen LogP contribution is -2.37. The minimum atomic E-state index is 0.648. The average Bonchev–Trinajstić information content (AvgIpc) is 2.17. The molecule has 1 aliphatic heterocycles. The maximum absolute atomic E-state index is 6.18. The lowest BCUT2D eigenvalue weighted by atomic mass is 10.2. The second-order valence-corrected chi connectivity index (χ2v) is 5.76. The lowest BCUT2D eigenvalue weighted by molar-refractivity contribution is 0.784. The van der Waals surface area contributed by atoms with E-state index in [9.17, 15) is 0 Å². The van der Waals surface area contributed by atoms with Gasteiger partial charge in [0.1, 0.15) is 0 Å². The second kappa shape index (κ2) is 4.54. The van der Waals surface area contributed by atoms with Crippen LogP contribution in [0.2, 0.25) is 5.02 Å². The number of nitrogens with zero attached hydrogens (tertiary/aromatic N) is 1. The van der Waals surface area contributed by atoms with Gasteiger partial charge >= 0.3 is 0 Å². The number of hydrogen-bond acceptors (Lipinski definition) is 3. The molecule has 0 aliphatic carbocycles. The monoisotopic (exact) mass is 242 g/mol. The van der Waals surface area contributed by atoms with Gasteiger partial charge in [-0.05, 0) is 12.1 Å². The van der Waals surface area contributed by atoms with Crippen LogP contribution in [0.4, 0.5) is 11.4 Å². The van der Waals surface area contributed by atoms with E-state index in [2.05, 4.69) is 11.8 Å². The minimum Gasteiger partial charge on any atom is -0.397 e. The highest BCUT2D eigenvalue weighted by Gasteiger charge is 2.20. The smallest absolute Gasteiger partial charge is 0.0789 e. The first-order valence-corrected chi connectivity index (χ1v) is 6.51. The van der Waals surface area contributed by atoms with E-state index in [0.717, 1.165) is 35.2 Å². The van der Waals surface area contributed by atoms with Gasteiger partial charge in [0.2, 0.25) is 0 Å². The zero-order chi connectivity index (χ0) is 10.8. The Labute approximate surface area is 99.8 Å². The van der Waals surface area contributed by atoms with Crippen molar-refractivity contribution < 1.29 is 0 Å². The summed E-state index contributed by atoms with van der Waals surface area (Å²) >= 11 is 8.18. The largest absolute Gasteiger partial charge is 0.397 e. The SMILES string of the molecule is CC1CN(c2c(N)cccc2Cl)CCS1. The van der Waals surface area contributed by atoms with Crippen LogP contribution >= 0.6 is 23.4 Å². The molecule has 1 aliphatic rings. The van der Waals surface area contributed by atoms with E-state index in [1.807, 2.05) is 30.0 Å². The van der Waals surface area contributed by atoms with Crippen LogP contribution in [0.25, 0.3) is 0 Å². The van der Waals surface area contributed by atoms with Crippen LogP contribution in [0.5, 0.6) is 0 Å². The van der Waals surface area contributed by atoms with Gasteiger partial charge < -0.3 is 10.6 Å². The van der Waals surface area contributed by atoms with E-state index >= 15 is 0 Å². The molecular formula is C11H15ClN2S. The molecule has 1 fully saturated rings. The molecule has 2 rings (SSSR count). The summed E-state index contributed by atoms with van der Waals surface area (Å²) in [6.07, 6.45) is 0. The Morgan fingerprint density at radius 2 is 2.33 bits per heavy atom. The highest BCUT2D eigenvalue weighted by Crippen LogP contribution is 2.34. The van der Waals surface area contributed by atoms with Crippen molar-refractivity contribution in [3.05, 3.63) is 23.2 Å². The van der Waals surface area contributed by atoms with Crippen molar-refractivity contribution in [1.29, 1.82) is 0 Å². The van der Waals surface area contributed by atoms with Crippen LogP contribution in [-0.2, 0) is 0 Å². The lowest BCUT2D eigenvalue weighted by Gasteiger charge is -2.33. The van der Waals surface area contributed by atoms with Crippen molar-refractivity contribution >= 4 is 34.7 Å². The zero-order valence-corrected chi connectivity index (χ0v) is 10.3. The van der Waals surface area contributed by atoms with Crippen LogP contribution < -0.4 is 10.6 Å². The Hall–Kier alpha value is -0.540. The van der Waals surface area contributed by atoms with Gasteiger partial charge in [0.15, 0.2) is 0 Å². The molecule has 0 aromatic heterocycles. The van der Waals surface area contributed by atoms with Crippen LogP contribution in [0.3, 0.4) is 0 Å². The predicted octanol–water partition coefficient (Wildman–Crippen LogP) is 2.86. The molecule has 1 unspecified atom stereocenters. The Morgan fingerprint density at radius 1 is 1.53 bits per heavy atom. The van der Waals surface area contributed by atoms with Crippen LogP contribution in [0.15, 0.2) is 18.2 Å². The number of thioether (sulfide) groups is 1. The standard InChI is InChI=1S/C11H15ClN2S/c1-8-7-14(5-6-15-8)11-9(12)3-2-4-10(11)13/h2-4,8H,5-7,13H2,1H3. The van der Waals surface area contributed by atoms with Gasteiger partial charge in [0.05, 0.1) is 16.4 Å². The predicted molar refractivity (Wildman–Crippen MR) is 70.0 cm³/mol. The molecule has 0 amide bonds. The number of benzene rings is 1. The molecule has 82 valence electrons. The third-order valence-corrected chi connectivity index (χ3v) is 4.02. The van der Waals surface area contributed by atoms with Crippen molar-refractivity contribution in [3.8, 4) is 0 Å². The molecule has 15 heavy (non-hydrogen) atoms. The number of nitrogens with two attached hydrogens (primary N) is 1. The Kier molecular flexibility index (Phi) is 3.32. The first-order chi connectivity index (χ1) is 7.18. The molecular weight excluding hydrogens is 228 g/mol. The van der Waals surface area contributed by atoms with E-state index in [1.54, 1.807) is 0 Å².